The maximum atomic E-state index is 2.38. The van der Waals surface area contributed by atoms with Crippen LogP contribution in [0.1, 0.15) is 23.6 Å². The molecule has 112 valence electrons. The van der Waals surface area contributed by atoms with Gasteiger partial charge in [0.2, 0.25) is 0 Å². The summed E-state index contributed by atoms with van der Waals surface area (Å²) in [7, 11) is 0. The first kappa shape index (κ1) is 14.0. The standard InChI is InChI=1S/C23H20/c1-2-17-14-19-9-4-6-13-23(19)21(15-17)16-20-11-7-10-18-8-3-5-12-22(18)20/h3-15H,2,16H2,1H3. The second kappa shape index (κ2) is 5.89. The molecule has 4 aromatic carbocycles. The zero-order valence-corrected chi connectivity index (χ0v) is 13.4. The lowest BCUT2D eigenvalue weighted by atomic mass is 9.93. The molecule has 0 radical (unpaired) electrons. The third kappa shape index (κ3) is 2.61. The van der Waals surface area contributed by atoms with E-state index in [1.54, 1.807) is 0 Å². The molecule has 4 aromatic rings. The molecule has 23 heavy (non-hydrogen) atoms. The number of fused-ring (bicyclic) bond motifs is 2. The summed E-state index contributed by atoms with van der Waals surface area (Å²) in [6.45, 7) is 2.23. The molecule has 0 heteroatoms. The Hall–Kier alpha value is -2.60. The van der Waals surface area contributed by atoms with E-state index >= 15 is 0 Å². The number of aryl methyl sites for hydroxylation is 1. The zero-order valence-electron chi connectivity index (χ0n) is 13.4. The molecule has 0 amide bonds. The van der Waals surface area contributed by atoms with Gasteiger partial charge in [-0.2, -0.15) is 0 Å². The van der Waals surface area contributed by atoms with Crippen molar-refractivity contribution in [3.8, 4) is 0 Å². The third-order valence-electron chi connectivity index (χ3n) is 4.68. The average molecular weight is 296 g/mol. The van der Waals surface area contributed by atoms with Crippen LogP contribution in [0.15, 0.2) is 78.9 Å². The van der Waals surface area contributed by atoms with Crippen molar-refractivity contribution in [2.75, 3.05) is 0 Å². The molecule has 0 unspecified atom stereocenters. The van der Waals surface area contributed by atoms with Crippen LogP contribution in [0, 0.1) is 0 Å². The summed E-state index contributed by atoms with van der Waals surface area (Å²) in [6, 6.07) is 28.7. The fourth-order valence-corrected chi connectivity index (χ4v) is 3.46. The minimum Gasteiger partial charge on any atom is -0.0616 e. The average Bonchev–Trinajstić information content (AvgIpc) is 2.62. The monoisotopic (exact) mass is 296 g/mol. The Kier molecular flexibility index (Phi) is 3.59. The zero-order chi connectivity index (χ0) is 15.6. The van der Waals surface area contributed by atoms with E-state index in [1.165, 1.54) is 38.2 Å². The molecule has 0 aliphatic heterocycles. The molecule has 0 fully saturated rings. The normalized spacial score (nSPS) is 11.2. The molecule has 0 aromatic heterocycles. The van der Waals surface area contributed by atoms with Gasteiger partial charge in [-0.3, -0.25) is 0 Å². The van der Waals surface area contributed by atoms with Crippen LogP contribution in [0.25, 0.3) is 21.5 Å². The van der Waals surface area contributed by atoms with E-state index in [4.69, 9.17) is 0 Å². The predicted octanol–water partition coefficient (Wildman–Crippen LogP) is 6.15. The van der Waals surface area contributed by atoms with E-state index in [0.29, 0.717) is 0 Å². The van der Waals surface area contributed by atoms with Gasteiger partial charge in [0.05, 0.1) is 0 Å². The SMILES string of the molecule is CCc1cc(Cc2cccc3ccccc23)c2ccccc2c1. The molecule has 4 rings (SSSR count). The first-order valence-electron chi connectivity index (χ1n) is 8.32. The van der Waals surface area contributed by atoms with Crippen LogP contribution in [0.5, 0.6) is 0 Å². The number of benzene rings is 4. The van der Waals surface area contributed by atoms with Gasteiger partial charge in [0.25, 0.3) is 0 Å². The Balaban J connectivity index is 1.89. The Labute approximate surface area is 137 Å². The Morgan fingerprint density at radius 2 is 1.26 bits per heavy atom. The topological polar surface area (TPSA) is 0 Å². The summed E-state index contributed by atoms with van der Waals surface area (Å²) in [5.74, 6) is 0. The summed E-state index contributed by atoms with van der Waals surface area (Å²) in [5.41, 5.74) is 4.25. The quantitative estimate of drug-likeness (QED) is 0.425. The summed E-state index contributed by atoms with van der Waals surface area (Å²) in [5, 5.41) is 5.40. The number of rotatable bonds is 3. The summed E-state index contributed by atoms with van der Waals surface area (Å²) >= 11 is 0. The van der Waals surface area contributed by atoms with Gasteiger partial charge in [0.15, 0.2) is 0 Å². The lowest BCUT2D eigenvalue weighted by Gasteiger charge is -2.12. The fourth-order valence-electron chi connectivity index (χ4n) is 3.46. The van der Waals surface area contributed by atoms with Crippen molar-refractivity contribution in [3.63, 3.8) is 0 Å². The van der Waals surface area contributed by atoms with Crippen molar-refractivity contribution in [2.24, 2.45) is 0 Å². The second-order valence-electron chi connectivity index (χ2n) is 6.14. The molecule has 0 nitrogen and oxygen atoms in total. The molecule has 0 saturated heterocycles. The third-order valence-corrected chi connectivity index (χ3v) is 4.68. The smallest absolute Gasteiger partial charge is 0.00134 e. The van der Waals surface area contributed by atoms with Crippen LogP contribution in [0.3, 0.4) is 0 Å². The van der Waals surface area contributed by atoms with E-state index in [9.17, 15) is 0 Å². The molecule has 0 N–H and O–H groups in total. The maximum absolute atomic E-state index is 2.38. The van der Waals surface area contributed by atoms with Gasteiger partial charge in [-0.25, -0.2) is 0 Å². The number of hydrogen-bond acceptors (Lipinski definition) is 0. The minimum atomic E-state index is 0.982. The maximum Gasteiger partial charge on any atom is -0.00134 e. The van der Waals surface area contributed by atoms with Gasteiger partial charge in [-0.05, 0) is 51.1 Å². The number of hydrogen-bond donors (Lipinski definition) is 0. The van der Waals surface area contributed by atoms with Crippen molar-refractivity contribution < 1.29 is 0 Å². The van der Waals surface area contributed by atoms with Crippen molar-refractivity contribution in [1.82, 2.24) is 0 Å². The van der Waals surface area contributed by atoms with Gasteiger partial charge in [0, 0.05) is 0 Å². The summed E-state index contributed by atoms with van der Waals surface area (Å²) in [4.78, 5) is 0. The molecular weight excluding hydrogens is 276 g/mol. The highest BCUT2D eigenvalue weighted by Gasteiger charge is 2.07. The lowest BCUT2D eigenvalue weighted by molar-refractivity contribution is 1.12. The highest BCUT2D eigenvalue weighted by Crippen LogP contribution is 2.27. The predicted molar refractivity (Wildman–Crippen MR) is 100 cm³/mol. The Bertz CT molecular complexity index is 974. The van der Waals surface area contributed by atoms with Gasteiger partial charge in [-0.15, -0.1) is 0 Å². The van der Waals surface area contributed by atoms with Crippen molar-refractivity contribution >= 4 is 21.5 Å². The molecule has 0 spiro atoms. The van der Waals surface area contributed by atoms with Gasteiger partial charge in [-0.1, -0.05) is 85.8 Å². The molecule has 0 aliphatic carbocycles. The summed E-state index contributed by atoms with van der Waals surface area (Å²) in [6.07, 6.45) is 2.06. The molecule has 0 bridgehead atoms. The molecule has 0 aliphatic rings. The highest BCUT2D eigenvalue weighted by molar-refractivity contribution is 5.89. The second-order valence-corrected chi connectivity index (χ2v) is 6.14. The highest BCUT2D eigenvalue weighted by atomic mass is 14.1. The molecule has 0 atom stereocenters. The van der Waals surface area contributed by atoms with Gasteiger partial charge >= 0.3 is 0 Å². The van der Waals surface area contributed by atoms with Gasteiger partial charge < -0.3 is 0 Å². The molecule has 0 saturated carbocycles. The van der Waals surface area contributed by atoms with Crippen LogP contribution in [0.2, 0.25) is 0 Å². The lowest BCUT2D eigenvalue weighted by Crippen LogP contribution is -1.94. The Morgan fingerprint density at radius 1 is 0.609 bits per heavy atom. The van der Waals surface area contributed by atoms with E-state index in [2.05, 4.69) is 85.8 Å². The van der Waals surface area contributed by atoms with E-state index in [1.807, 2.05) is 0 Å². The van der Waals surface area contributed by atoms with Crippen molar-refractivity contribution in [2.45, 2.75) is 19.8 Å². The van der Waals surface area contributed by atoms with Crippen molar-refractivity contribution in [3.05, 3.63) is 95.6 Å². The first-order chi connectivity index (χ1) is 11.3. The van der Waals surface area contributed by atoms with E-state index < -0.39 is 0 Å². The van der Waals surface area contributed by atoms with Crippen LogP contribution in [-0.4, -0.2) is 0 Å². The van der Waals surface area contributed by atoms with Crippen LogP contribution < -0.4 is 0 Å². The van der Waals surface area contributed by atoms with Crippen LogP contribution in [0.4, 0.5) is 0 Å². The van der Waals surface area contributed by atoms with E-state index in [-0.39, 0.29) is 0 Å². The van der Waals surface area contributed by atoms with Gasteiger partial charge in [0.1, 0.15) is 0 Å². The first-order valence-corrected chi connectivity index (χ1v) is 8.32. The van der Waals surface area contributed by atoms with Crippen molar-refractivity contribution in [1.29, 1.82) is 0 Å². The van der Waals surface area contributed by atoms with Crippen LogP contribution in [-0.2, 0) is 12.8 Å². The Morgan fingerprint density at radius 3 is 2.04 bits per heavy atom. The largest absolute Gasteiger partial charge is 0.0616 e. The molecular formula is C23H20. The molecule has 0 heterocycles. The summed E-state index contributed by atoms with van der Waals surface area (Å²) < 4.78 is 0. The minimum absolute atomic E-state index is 0.982. The fraction of sp³-hybridized carbons (Fsp3) is 0.130. The van der Waals surface area contributed by atoms with Crippen LogP contribution >= 0.6 is 0 Å². The van der Waals surface area contributed by atoms with E-state index in [0.717, 1.165) is 12.8 Å².